The summed E-state index contributed by atoms with van der Waals surface area (Å²) in [4.78, 5) is 15.0. The molecule has 2 heterocycles. The van der Waals surface area contributed by atoms with Crippen molar-refractivity contribution >= 4 is 18.0 Å². The molecule has 6 heteroatoms. The SMILES string of the molecule is CC(C)c1cc2n(n1)CC(O)C(C(=O)O)C=N2. The lowest BCUT2D eigenvalue weighted by atomic mass is 10.1. The average molecular weight is 237 g/mol. The number of aliphatic hydroxyl groups is 1. The number of aliphatic hydroxyl groups excluding tert-OH is 1. The molecule has 2 N–H and O–H groups in total. The van der Waals surface area contributed by atoms with Crippen molar-refractivity contribution in [1.29, 1.82) is 0 Å². The highest BCUT2D eigenvalue weighted by atomic mass is 16.4. The first-order chi connectivity index (χ1) is 7.99. The summed E-state index contributed by atoms with van der Waals surface area (Å²) in [5, 5.41) is 23.0. The van der Waals surface area contributed by atoms with Crippen LogP contribution in [0.2, 0.25) is 0 Å². The van der Waals surface area contributed by atoms with Crippen LogP contribution >= 0.6 is 0 Å². The Kier molecular flexibility index (Phi) is 2.97. The maximum absolute atomic E-state index is 10.9. The van der Waals surface area contributed by atoms with Crippen LogP contribution in [-0.2, 0) is 11.3 Å². The van der Waals surface area contributed by atoms with Gasteiger partial charge in [0.05, 0.1) is 18.3 Å². The summed E-state index contributed by atoms with van der Waals surface area (Å²) < 4.78 is 1.56. The van der Waals surface area contributed by atoms with Crippen LogP contribution in [-0.4, -0.2) is 38.3 Å². The molecule has 0 radical (unpaired) electrons. The van der Waals surface area contributed by atoms with Gasteiger partial charge in [-0.15, -0.1) is 0 Å². The Morgan fingerprint density at radius 2 is 2.29 bits per heavy atom. The van der Waals surface area contributed by atoms with Gasteiger partial charge in [-0.25, -0.2) is 9.67 Å². The van der Waals surface area contributed by atoms with Gasteiger partial charge in [0.25, 0.3) is 0 Å². The fourth-order valence-corrected chi connectivity index (χ4v) is 1.72. The number of aliphatic carboxylic acids is 1. The van der Waals surface area contributed by atoms with Crippen LogP contribution in [0.25, 0.3) is 0 Å². The minimum atomic E-state index is -1.07. The lowest BCUT2D eigenvalue weighted by Gasteiger charge is -2.12. The van der Waals surface area contributed by atoms with Crippen molar-refractivity contribution in [3.8, 4) is 0 Å². The van der Waals surface area contributed by atoms with E-state index in [9.17, 15) is 9.90 Å². The first kappa shape index (κ1) is 11.8. The number of carboxylic acids is 1. The summed E-state index contributed by atoms with van der Waals surface area (Å²) in [6.07, 6.45) is 0.273. The number of carboxylic acid groups (broad SMARTS) is 1. The standard InChI is InChI=1S/C11H15N3O3/c1-6(2)8-3-10-12-4-7(11(16)17)9(15)5-14(10)13-8/h3-4,6-7,9,15H,5H2,1-2H3,(H,16,17). The van der Waals surface area contributed by atoms with Gasteiger partial charge in [0.15, 0.2) is 0 Å². The number of rotatable bonds is 2. The van der Waals surface area contributed by atoms with E-state index < -0.39 is 18.0 Å². The molecule has 0 saturated heterocycles. The molecule has 1 aromatic rings. The molecule has 0 aliphatic carbocycles. The Hall–Kier alpha value is -1.69. The van der Waals surface area contributed by atoms with Crippen molar-refractivity contribution in [1.82, 2.24) is 9.78 Å². The number of hydrogen-bond acceptors (Lipinski definition) is 4. The second-order valence-corrected chi connectivity index (χ2v) is 4.47. The van der Waals surface area contributed by atoms with E-state index in [1.54, 1.807) is 4.68 Å². The molecule has 0 saturated carbocycles. The molecule has 2 atom stereocenters. The van der Waals surface area contributed by atoms with Crippen molar-refractivity contribution in [2.75, 3.05) is 0 Å². The largest absolute Gasteiger partial charge is 0.481 e. The first-order valence-corrected chi connectivity index (χ1v) is 5.52. The molecule has 1 aliphatic rings. The maximum atomic E-state index is 10.9. The van der Waals surface area contributed by atoms with Crippen molar-refractivity contribution < 1.29 is 15.0 Å². The third-order valence-corrected chi connectivity index (χ3v) is 2.80. The smallest absolute Gasteiger partial charge is 0.314 e. The second kappa shape index (κ2) is 4.29. The normalized spacial score (nSPS) is 23.5. The molecule has 0 spiro atoms. The Bertz CT molecular complexity index is 465. The van der Waals surface area contributed by atoms with E-state index in [4.69, 9.17) is 5.11 Å². The van der Waals surface area contributed by atoms with Gasteiger partial charge < -0.3 is 10.2 Å². The fraction of sp³-hybridized carbons (Fsp3) is 0.545. The Morgan fingerprint density at radius 1 is 1.59 bits per heavy atom. The van der Waals surface area contributed by atoms with Gasteiger partial charge >= 0.3 is 5.97 Å². The predicted octanol–water partition coefficient (Wildman–Crippen LogP) is 0.784. The second-order valence-electron chi connectivity index (χ2n) is 4.47. The Morgan fingerprint density at radius 3 is 2.88 bits per heavy atom. The molecule has 6 nitrogen and oxygen atoms in total. The average Bonchev–Trinajstić information content (AvgIpc) is 2.55. The third kappa shape index (κ3) is 2.21. The molecule has 0 amide bonds. The van der Waals surface area contributed by atoms with E-state index in [0.717, 1.165) is 5.69 Å². The van der Waals surface area contributed by atoms with E-state index in [1.807, 2.05) is 19.9 Å². The molecule has 1 aromatic heterocycles. The Balaban J connectivity index is 2.34. The molecular formula is C11H15N3O3. The van der Waals surface area contributed by atoms with E-state index >= 15 is 0 Å². The summed E-state index contributed by atoms with van der Waals surface area (Å²) in [7, 11) is 0. The maximum Gasteiger partial charge on any atom is 0.314 e. The van der Waals surface area contributed by atoms with Crippen molar-refractivity contribution in [2.45, 2.75) is 32.4 Å². The lowest BCUT2D eigenvalue weighted by molar-refractivity contribution is -0.142. The van der Waals surface area contributed by atoms with Gasteiger partial charge in [0.2, 0.25) is 0 Å². The highest BCUT2D eigenvalue weighted by Crippen LogP contribution is 2.23. The fourth-order valence-electron chi connectivity index (χ4n) is 1.72. The molecule has 1 aliphatic heterocycles. The monoisotopic (exact) mass is 237 g/mol. The van der Waals surface area contributed by atoms with Gasteiger partial charge in [-0.1, -0.05) is 13.8 Å². The third-order valence-electron chi connectivity index (χ3n) is 2.80. The van der Waals surface area contributed by atoms with Crippen LogP contribution in [0.3, 0.4) is 0 Å². The first-order valence-electron chi connectivity index (χ1n) is 5.52. The molecule has 2 unspecified atom stereocenters. The zero-order valence-electron chi connectivity index (χ0n) is 9.74. The number of aromatic nitrogens is 2. The van der Waals surface area contributed by atoms with Crippen LogP contribution in [0.1, 0.15) is 25.5 Å². The molecule has 0 aromatic carbocycles. The zero-order chi connectivity index (χ0) is 12.6. The summed E-state index contributed by atoms with van der Waals surface area (Å²) in [5.41, 5.74) is 0.887. The van der Waals surface area contributed by atoms with Crippen LogP contribution in [0, 0.1) is 5.92 Å². The van der Waals surface area contributed by atoms with Gasteiger partial charge in [-0.3, -0.25) is 4.79 Å². The highest BCUT2D eigenvalue weighted by Gasteiger charge is 2.28. The number of fused-ring (bicyclic) bond motifs is 1. The molecule has 0 fully saturated rings. The highest BCUT2D eigenvalue weighted by molar-refractivity contribution is 5.90. The van der Waals surface area contributed by atoms with Gasteiger partial charge in [-0.05, 0) is 5.92 Å². The van der Waals surface area contributed by atoms with Crippen molar-refractivity contribution in [3.05, 3.63) is 11.8 Å². The predicted molar refractivity (Wildman–Crippen MR) is 61.6 cm³/mol. The summed E-state index contributed by atoms with van der Waals surface area (Å²) in [6.45, 7) is 4.18. The van der Waals surface area contributed by atoms with Crippen molar-refractivity contribution in [2.24, 2.45) is 10.9 Å². The van der Waals surface area contributed by atoms with Crippen molar-refractivity contribution in [3.63, 3.8) is 0 Å². The summed E-state index contributed by atoms with van der Waals surface area (Å²) in [6, 6.07) is 1.82. The molecular weight excluding hydrogens is 222 g/mol. The number of carbonyl (C=O) groups is 1. The topological polar surface area (TPSA) is 87.7 Å². The summed E-state index contributed by atoms with van der Waals surface area (Å²) >= 11 is 0. The molecule has 17 heavy (non-hydrogen) atoms. The van der Waals surface area contributed by atoms with Crippen LogP contribution in [0.15, 0.2) is 11.1 Å². The molecule has 92 valence electrons. The number of nitrogens with zero attached hydrogens (tertiary/aromatic N) is 3. The van der Waals surface area contributed by atoms with Crippen LogP contribution < -0.4 is 0 Å². The Labute approximate surface area is 98.6 Å². The van der Waals surface area contributed by atoms with Gasteiger partial charge in [-0.2, -0.15) is 5.10 Å². The summed E-state index contributed by atoms with van der Waals surface area (Å²) in [5.74, 6) is -1.18. The molecule has 0 bridgehead atoms. The van der Waals surface area contributed by atoms with E-state index in [1.165, 1.54) is 6.21 Å². The quantitative estimate of drug-likeness (QED) is 0.795. The van der Waals surface area contributed by atoms with E-state index in [2.05, 4.69) is 10.1 Å². The minimum absolute atomic E-state index is 0.152. The van der Waals surface area contributed by atoms with Crippen LogP contribution in [0.4, 0.5) is 5.82 Å². The van der Waals surface area contributed by atoms with Crippen LogP contribution in [0.5, 0.6) is 0 Å². The number of hydrogen-bond donors (Lipinski definition) is 2. The minimum Gasteiger partial charge on any atom is -0.481 e. The van der Waals surface area contributed by atoms with E-state index in [-0.39, 0.29) is 12.5 Å². The van der Waals surface area contributed by atoms with Gasteiger partial charge in [0.1, 0.15) is 11.7 Å². The van der Waals surface area contributed by atoms with Gasteiger partial charge in [0, 0.05) is 12.3 Å². The zero-order valence-corrected chi connectivity index (χ0v) is 9.74. The molecule has 2 rings (SSSR count). The lowest BCUT2D eigenvalue weighted by Crippen LogP contribution is -2.31. The van der Waals surface area contributed by atoms with E-state index in [0.29, 0.717) is 5.82 Å². The number of aliphatic imine (C=N–C) groups is 1.